The number of carbonyl (C=O) groups excluding carboxylic acids is 1. The number of azo groups is 1. The number of aromatic amines is 1. The fraction of sp³-hybridized carbons (Fsp3) is 0.321. The van der Waals surface area contributed by atoms with Gasteiger partial charge in [0.2, 0.25) is 11.9 Å². The van der Waals surface area contributed by atoms with Crippen molar-refractivity contribution in [3.05, 3.63) is 64.4 Å². The molecule has 0 fully saturated rings. The molecule has 0 saturated heterocycles. The zero-order valence-corrected chi connectivity index (χ0v) is 24.3. The summed E-state index contributed by atoms with van der Waals surface area (Å²) in [6, 6.07) is 13.9. The highest BCUT2D eigenvalue weighted by Gasteiger charge is 2.25. The lowest BCUT2D eigenvalue weighted by atomic mass is 10.0. The number of hydrogen-bond acceptors (Lipinski definition) is 12. The van der Waals surface area contributed by atoms with Gasteiger partial charge in [0.15, 0.2) is 11.5 Å². The zero-order chi connectivity index (χ0) is 29.6. The fourth-order valence-corrected chi connectivity index (χ4v) is 5.26. The number of aromatic nitrogens is 5. The maximum absolute atomic E-state index is 13.6. The van der Waals surface area contributed by atoms with Crippen LogP contribution in [-0.4, -0.2) is 62.0 Å². The van der Waals surface area contributed by atoms with Crippen LogP contribution < -0.4 is 9.47 Å². The molecule has 0 spiro atoms. The lowest BCUT2D eigenvalue weighted by molar-refractivity contribution is 0.0755. The molecule has 42 heavy (non-hydrogen) atoms. The molecular formula is C28H28N10O3S. The maximum atomic E-state index is 13.6. The number of carbonyl (C=O) groups is 1. The van der Waals surface area contributed by atoms with Crippen molar-refractivity contribution in [2.75, 3.05) is 13.7 Å². The van der Waals surface area contributed by atoms with Crippen molar-refractivity contribution in [3.8, 4) is 28.1 Å². The minimum absolute atomic E-state index is 0.0108. The van der Waals surface area contributed by atoms with Crippen molar-refractivity contribution < 1.29 is 14.3 Å². The second-order valence-corrected chi connectivity index (χ2v) is 10.6. The first-order chi connectivity index (χ1) is 20.4. The van der Waals surface area contributed by atoms with Crippen LogP contribution in [0.1, 0.15) is 59.5 Å². The number of benzene rings is 2. The normalized spacial score (nSPS) is 14.1. The van der Waals surface area contributed by atoms with E-state index in [1.807, 2.05) is 57.2 Å². The van der Waals surface area contributed by atoms with Crippen LogP contribution in [0.25, 0.3) is 10.6 Å². The molecule has 3 heterocycles. The van der Waals surface area contributed by atoms with E-state index in [1.54, 1.807) is 19.2 Å². The molecule has 2 aromatic heterocycles. The van der Waals surface area contributed by atoms with Gasteiger partial charge in [-0.3, -0.25) is 4.79 Å². The Balaban J connectivity index is 1.32. The van der Waals surface area contributed by atoms with Gasteiger partial charge < -0.3 is 9.47 Å². The minimum Gasteiger partial charge on any atom is -0.493 e. The van der Waals surface area contributed by atoms with Crippen LogP contribution in [0.5, 0.6) is 11.5 Å². The lowest BCUT2D eigenvalue weighted by Gasteiger charge is -2.24. The Morgan fingerprint density at radius 2 is 1.95 bits per heavy atom. The monoisotopic (exact) mass is 584 g/mol. The standard InChI is InChI=1S/C28H28N10O3S/c1-16(2)41-24-14-19(9-12-23(24)40-4)21-6-5-13-38(35-21)28(39)25-17(3)30-27(42-25)18-7-10-20(11-8-18)31-32-22(15-29)26-33-36-37-34-26/h7-12,14,16,22H,5-6,13H2,1-4H3,(H,33,34,36,37). The Morgan fingerprint density at radius 1 is 1.17 bits per heavy atom. The van der Waals surface area contributed by atoms with Crippen LogP contribution in [0.3, 0.4) is 0 Å². The molecule has 4 aromatic rings. The molecule has 1 N–H and O–H groups in total. The molecule has 14 heteroatoms. The molecule has 0 radical (unpaired) electrons. The predicted octanol–water partition coefficient (Wildman–Crippen LogP) is 5.42. The number of rotatable bonds is 9. The van der Waals surface area contributed by atoms with Gasteiger partial charge in [-0.05, 0) is 76.1 Å². The SMILES string of the molecule is COc1ccc(C2=NN(C(=O)c3sc(-c4ccc(N=NC(C#N)c5nn[nH]n5)cc4)nc3C)CCC2)cc1OC(C)C. The maximum Gasteiger partial charge on any atom is 0.285 e. The van der Waals surface area contributed by atoms with Gasteiger partial charge in [-0.2, -0.15) is 25.8 Å². The van der Waals surface area contributed by atoms with Crippen molar-refractivity contribution in [1.29, 1.82) is 5.26 Å². The molecule has 2 aromatic carbocycles. The van der Waals surface area contributed by atoms with Gasteiger partial charge in [-0.15, -0.1) is 21.5 Å². The van der Waals surface area contributed by atoms with Crippen molar-refractivity contribution in [3.63, 3.8) is 0 Å². The molecule has 0 bridgehead atoms. The second-order valence-electron chi connectivity index (χ2n) is 9.61. The Hall–Kier alpha value is -5.03. The van der Waals surface area contributed by atoms with Gasteiger partial charge in [0.1, 0.15) is 9.88 Å². The second kappa shape index (κ2) is 12.6. The summed E-state index contributed by atoms with van der Waals surface area (Å²) in [6.45, 7) is 6.26. The van der Waals surface area contributed by atoms with E-state index >= 15 is 0 Å². The summed E-state index contributed by atoms with van der Waals surface area (Å²) in [4.78, 5) is 18.7. The van der Waals surface area contributed by atoms with E-state index in [2.05, 4.69) is 35.8 Å². The average molecular weight is 585 g/mol. The van der Waals surface area contributed by atoms with Gasteiger partial charge >= 0.3 is 0 Å². The minimum atomic E-state index is -0.961. The lowest BCUT2D eigenvalue weighted by Crippen LogP contribution is -2.32. The highest BCUT2D eigenvalue weighted by molar-refractivity contribution is 7.17. The number of thiazole rings is 1. The van der Waals surface area contributed by atoms with Crippen LogP contribution in [-0.2, 0) is 0 Å². The molecule has 214 valence electrons. The molecule has 5 rings (SSSR count). The number of tetrazole rings is 1. The third kappa shape index (κ3) is 6.31. The molecule has 0 aliphatic carbocycles. The number of hydrogen-bond donors (Lipinski definition) is 1. The largest absolute Gasteiger partial charge is 0.493 e. The first-order valence-electron chi connectivity index (χ1n) is 13.2. The van der Waals surface area contributed by atoms with Crippen molar-refractivity contribution >= 4 is 28.6 Å². The van der Waals surface area contributed by atoms with Crippen molar-refractivity contribution in [1.82, 2.24) is 30.6 Å². The van der Waals surface area contributed by atoms with E-state index in [1.165, 1.54) is 16.3 Å². The Morgan fingerprint density at radius 3 is 2.64 bits per heavy atom. The van der Waals surface area contributed by atoms with Gasteiger partial charge in [0.25, 0.3) is 5.91 Å². The molecule has 13 nitrogen and oxygen atoms in total. The Kier molecular flexibility index (Phi) is 8.58. The van der Waals surface area contributed by atoms with Crippen LogP contribution in [0.4, 0.5) is 5.69 Å². The summed E-state index contributed by atoms with van der Waals surface area (Å²) in [5, 5.41) is 37.6. The number of methoxy groups -OCH3 is 1. The summed E-state index contributed by atoms with van der Waals surface area (Å²) in [5.74, 6) is 1.25. The number of ether oxygens (including phenoxy) is 2. The highest BCUT2D eigenvalue weighted by atomic mass is 32.1. The van der Waals surface area contributed by atoms with E-state index in [9.17, 15) is 10.1 Å². The number of H-pyrrole nitrogens is 1. The van der Waals surface area contributed by atoms with E-state index in [0.29, 0.717) is 39.3 Å². The third-order valence-corrected chi connectivity index (χ3v) is 7.44. The first kappa shape index (κ1) is 28.5. The number of nitrogens with one attached hydrogen (secondary N) is 1. The van der Waals surface area contributed by atoms with Gasteiger partial charge in [-0.25, -0.2) is 9.99 Å². The number of aryl methyl sites for hydroxylation is 1. The van der Waals surface area contributed by atoms with Crippen LogP contribution in [0.2, 0.25) is 0 Å². The molecule has 1 atom stereocenters. The molecule has 1 aliphatic heterocycles. The van der Waals surface area contributed by atoms with Gasteiger partial charge in [-0.1, -0.05) is 5.21 Å². The van der Waals surface area contributed by atoms with Crippen LogP contribution in [0.15, 0.2) is 57.8 Å². The smallest absolute Gasteiger partial charge is 0.285 e. The van der Waals surface area contributed by atoms with E-state index in [-0.39, 0.29) is 17.8 Å². The third-order valence-electron chi connectivity index (χ3n) is 6.24. The fourth-order valence-electron chi connectivity index (χ4n) is 4.24. The van der Waals surface area contributed by atoms with E-state index in [0.717, 1.165) is 29.7 Å². The summed E-state index contributed by atoms with van der Waals surface area (Å²) >= 11 is 1.32. The summed E-state index contributed by atoms with van der Waals surface area (Å²) in [7, 11) is 1.61. The average Bonchev–Trinajstić information content (AvgIpc) is 3.68. The Bertz CT molecular complexity index is 1660. The van der Waals surface area contributed by atoms with Crippen molar-refractivity contribution in [2.24, 2.45) is 15.3 Å². The van der Waals surface area contributed by atoms with E-state index in [4.69, 9.17) is 14.6 Å². The number of amides is 1. The molecule has 1 amide bonds. The van der Waals surface area contributed by atoms with Gasteiger partial charge in [0.05, 0.1) is 36.4 Å². The highest BCUT2D eigenvalue weighted by Crippen LogP contribution is 2.33. The molecule has 1 unspecified atom stereocenters. The predicted molar refractivity (Wildman–Crippen MR) is 155 cm³/mol. The Labute approximate surface area is 245 Å². The molecule has 1 aliphatic rings. The van der Waals surface area contributed by atoms with E-state index < -0.39 is 6.04 Å². The number of nitrogens with zero attached hydrogens (tertiary/aromatic N) is 9. The summed E-state index contributed by atoms with van der Waals surface area (Å²) in [6.07, 6.45) is 1.53. The van der Waals surface area contributed by atoms with Crippen LogP contribution >= 0.6 is 11.3 Å². The zero-order valence-electron chi connectivity index (χ0n) is 23.5. The quantitative estimate of drug-likeness (QED) is 0.255. The van der Waals surface area contributed by atoms with Crippen LogP contribution in [0, 0.1) is 18.3 Å². The summed E-state index contributed by atoms with van der Waals surface area (Å²) in [5.41, 5.74) is 3.72. The summed E-state index contributed by atoms with van der Waals surface area (Å²) < 4.78 is 11.4. The molecule has 0 saturated carbocycles. The first-order valence-corrected chi connectivity index (χ1v) is 14.0. The number of nitriles is 1. The molecular weight excluding hydrogens is 556 g/mol. The van der Waals surface area contributed by atoms with Gasteiger partial charge in [0, 0.05) is 17.7 Å². The topological polar surface area (TPSA) is 167 Å². The number of hydrazone groups is 1. The van der Waals surface area contributed by atoms with Crippen molar-refractivity contribution in [2.45, 2.75) is 45.8 Å².